The zero-order chi connectivity index (χ0) is 31.4. The largest absolute Gasteiger partial charge is 0.481 e. The van der Waals surface area contributed by atoms with Crippen molar-refractivity contribution in [3.8, 4) is 0 Å². The Morgan fingerprint density at radius 3 is 2.57 bits per heavy atom. The third kappa shape index (κ3) is 5.46. The molecule has 3 saturated carbocycles. The average molecular weight is 604 g/mol. The summed E-state index contributed by atoms with van der Waals surface area (Å²) in [5.74, 6) is 0.539. The Kier molecular flexibility index (Phi) is 7.93. The summed E-state index contributed by atoms with van der Waals surface area (Å²) in [6.45, 7) is 13.1. The van der Waals surface area contributed by atoms with Crippen molar-refractivity contribution in [2.75, 3.05) is 6.54 Å². The molecule has 1 aromatic carbocycles. The van der Waals surface area contributed by atoms with Crippen LogP contribution in [0, 0.1) is 30.1 Å². The van der Waals surface area contributed by atoms with Crippen LogP contribution in [0.15, 0.2) is 41.7 Å². The lowest BCUT2D eigenvalue weighted by atomic mass is 9.43. The van der Waals surface area contributed by atoms with E-state index >= 15 is 0 Å². The standard InChI is InChI=1S/C33H46BN5O5/c1-20(2)13-28(34-42-27-15-23-14-26(31(23,4)5)32(27,6)43-34)36-30(41)33(16-22-11-9-8-10-12-22)17-24(38-44-33)18-35-29(40)25-19-39(7)37-21(25)3/h8-12,19-20,23,26-28H,13-18H2,1-7H3,(H,35,40)(H,36,41)/t23-,26-,27+,28-,32-,33?/m0/s1. The number of aryl methyl sites for hydroxylation is 2. The predicted octanol–water partition coefficient (Wildman–Crippen LogP) is 4.01. The van der Waals surface area contributed by atoms with Gasteiger partial charge in [-0.05, 0) is 61.8 Å². The molecule has 4 fully saturated rings. The lowest BCUT2D eigenvalue weighted by Gasteiger charge is -2.64. The third-order valence-electron chi connectivity index (χ3n) is 10.6. The molecule has 1 aromatic heterocycles. The summed E-state index contributed by atoms with van der Waals surface area (Å²) in [7, 11) is 1.24. The van der Waals surface area contributed by atoms with E-state index in [2.05, 4.69) is 55.5 Å². The summed E-state index contributed by atoms with van der Waals surface area (Å²) < 4.78 is 15.0. The maximum Gasteiger partial charge on any atom is 0.481 e. The summed E-state index contributed by atoms with van der Waals surface area (Å²) in [4.78, 5) is 33.2. The van der Waals surface area contributed by atoms with Crippen LogP contribution in [0.4, 0.5) is 0 Å². The zero-order valence-corrected chi connectivity index (χ0v) is 27.1. The number of carbonyl (C=O) groups excluding carboxylic acids is 2. The van der Waals surface area contributed by atoms with Gasteiger partial charge in [0.1, 0.15) is 0 Å². The van der Waals surface area contributed by atoms with Crippen molar-refractivity contribution < 1.29 is 23.7 Å². The van der Waals surface area contributed by atoms with Crippen LogP contribution in [-0.4, -0.2) is 64.2 Å². The van der Waals surface area contributed by atoms with Crippen LogP contribution in [-0.2, 0) is 32.4 Å². The number of benzene rings is 1. The van der Waals surface area contributed by atoms with Crippen LogP contribution in [0.1, 0.15) is 81.9 Å². The number of nitrogens with one attached hydrogen (secondary N) is 2. The molecule has 2 N–H and O–H groups in total. The van der Waals surface area contributed by atoms with Crippen molar-refractivity contribution in [2.24, 2.45) is 35.4 Å². The maximum absolute atomic E-state index is 14.3. The minimum absolute atomic E-state index is 0.0267. The van der Waals surface area contributed by atoms with Gasteiger partial charge >= 0.3 is 7.12 Å². The van der Waals surface area contributed by atoms with Gasteiger partial charge in [-0.2, -0.15) is 5.10 Å². The second kappa shape index (κ2) is 11.3. The lowest BCUT2D eigenvalue weighted by molar-refractivity contribution is -0.199. The van der Waals surface area contributed by atoms with E-state index in [-0.39, 0.29) is 47.8 Å². The van der Waals surface area contributed by atoms with E-state index in [0.717, 1.165) is 12.0 Å². The number of oxime groups is 1. The first-order valence-corrected chi connectivity index (χ1v) is 16.0. The van der Waals surface area contributed by atoms with Gasteiger partial charge in [0.25, 0.3) is 11.8 Å². The smallest absolute Gasteiger partial charge is 0.404 e. The summed E-state index contributed by atoms with van der Waals surface area (Å²) >= 11 is 0. The number of amides is 2. The van der Waals surface area contributed by atoms with E-state index in [1.54, 1.807) is 24.9 Å². The van der Waals surface area contributed by atoms with E-state index < -0.39 is 12.7 Å². The number of rotatable bonds is 10. The van der Waals surface area contributed by atoms with Crippen molar-refractivity contribution in [2.45, 2.75) is 96.9 Å². The molecule has 5 aliphatic rings. The molecule has 1 unspecified atom stereocenters. The molecule has 0 radical (unpaired) electrons. The maximum atomic E-state index is 14.3. The minimum atomic E-state index is -1.26. The van der Waals surface area contributed by atoms with Gasteiger partial charge in [0.2, 0.25) is 5.60 Å². The van der Waals surface area contributed by atoms with Crippen molar-refractivity contribution in [3.05, 3.63) is 53.3 Å². The molecule has 1 saturated heterocycles. The van der Waals surface area contributed by atoms with Crippen LogP contribution in [0.2, 0.25) is 0 Å². The summed E-state index contributed by atoms with van der Waals surface area (Å²) in [5.41, 5.74) is 1.31. The van der Waals surface area contributed by atoms with E-state index in [9.17, 15) is 9.59 Å². The first-order valence-electron chi connectivity index (χ1n) is 16.0. The molecule has 2 aliphatic heterocycles. The Balaban J connectivity index is 1.18. The molecular formula is C33H46BN5O5. The quantitative estimate of drug-likeness (QED) is 0.397. The Morgan fingerprint density at radius 2 is 1.91 bits per heavy atom. The Morgan fingerprint density at radius 1 is 1.16 bits per heavy atom. The van der Waals surface area contributed by atoms with Gasteiger partial charge in [0.15, 0.2) is 0 Å². The molecule has 2 amide bonds. The predicted molar refractivity (Wildman–Crippen MR) is 168 cm³/mol. The van der Waals surface area contributed by atoms with Crippen LogP contribution in [0.5, 0.6) is 0 Å². The molecule has 3 aliphatic carbocycles. The third-order valence-corrected chi connectivity index (χ3v) is 10.6. The van der Waals surface area contributed by atoms with Crippen molar-refractivity contribution in [3.63, 3.8) is 0 Å². The molecule has 236 valence electrons. The number of nitrogens with zero attached hydrogens (tertiary/aromatic N) is 3. The van der Waals surface area contributed by atoms with Crippen molar-refractivity contribution in [1.82, 2.24) is 20.4 Å². The van der Waals surface area contributed by atoms with Gasteiger partial charge < -0.3 is 24.8 Å². The van der Waals surface area contributed by atoms with Gasteiger partial charge in [-0.25, -0.2) is 0 Å². The van der Waals surface area contributed by atoms with E-state index in [1.165, 1.54) is 6.42 Å². The summed E-state index contributed by atoms with van der Waals surface area (Å²) in [5, 5.41) is 14.8. The second-order valence-electron chi connectivity index (χ2n) is 14.6. The molecular weight excluding hydrogens is 557 g/mol. The number of hydrogen-bond donors (Lipinski definition) is 2. The van der Waals surface area contributed by atoms with Crippen LogP contribution < -0.4 is 10.6 Å². The fourth-order valence-corrected chi connectivity index (χ4v) is 8.08. The van der Waals surface area contributed by atoms with Crippen LogP contribution in [0.25, 0.3) is 0 Å². The van der Waals surface area contributed by atoms with Gasteiger partial charge in [-0.3, -0.25) is 14.3 Å². The van der Waals surface area contributed by atoms with E-state index in [0.29, 0.717) is 47.6 Å². The fourth-order valence-electron chi connectivity index (χ4n) is 8.08. The molecule has 0 spiro atoms. The Labute approximate surface area is 260 Å². The van der Waals surface area contributed by atoms with E-state index in [4.69, 9.17) is 14.1 Å². The second-order valence-corrected chi connectivity index (χ2v) is 14.6. The first-order chi connectivity index (χ1) is 20.8. The normalized spacial score (nSPS) is 30.7. The number of carbonyl (C=O) groups is 2. The van der Waals surface area contributed by atoms with Crippen LogP contribution in [0.3, 0.4) is 0 Å². The van der Waals surface area contributed by atoms with Gasteiger partial charge in [0, 0.05) is 26.1 Å². The topological polar surface area (TPSA) is 116 Å². The van der Waals surface area contributed by atoms with Crippen molar-refractivity contribution >= 4 is 24.6 Å². The first kappa shape index (κ1) is 30.8. The van der Waals surface area contributed by atoms with Gasteiger partial charge in [-0.1, -0.05) is 63.2 Å². The highest BCUT2D eigenvalue weighted by atomic mass is 16.7. The molecule has 11 heteroatoms. The van der Waals surface area contributed by atoms with Gasteiger partial charge in [-0.15, -0.1) is 0 Å². The Hall–Kier alpha value is -3.18. The van der Waals surface area contributed by atoms with E-state index in [1.807, 2.05) is 30.3 Å². The van der Waals surface area contributed by atoms with Gasteiger partial charge in [0.05, 0.1) is 41.2 Å². The highest BCUT2D eigenvalue weighted by molar-refractivity contribution is 6.48. The highest BCUT2D eigenvalue weighted by Gasteiger charge is 2.68. The lowest BCUT2D eigenvalue weighted by Crippen LogP contribution is -2.65. The van der Waals surface area contributed by atoms with Crippen LogP contribution >= 0.6 is 0 Å². The fraction of sp³-hybridized carbons (Fsp3) is 0.636. The summed E-state index contributed by atoms with van der Waals surface area (Å²) in [6, 6.07) is 9.81. The highest BCUT2D eigenvalue weighted by Crippen LogP contribution is 2.65. The molecule has 44 heavy (non-hydrogen) atoms. The average Bonchev–Trinajstić information content (AvgIpc) is 3.65. The SMILES string of the molecule is Cc1nn(C)cc1C(=O)NCC1=NOC(Cc2ccccc2)(C(=O)N[C@@H](CC(C)C)B2O[C@@H]3C[C@@H]4C[C@@H](C4(C)C)[C@]3(C)O2)C1. The Bertz CT molecular complexity index is 1440. The molecule has 2 aromatic rings. The van der Waals surface area contributed by atoms with Crippen molar-refractivity contribution in [1.29, 1.82) is 0 Å². The zero-order valence-electron chi connectivity index (χ0n) is 27.1. The molecule has 3 heterocycles. The monoisotopic (exact) mass is 603 g/mol. The molecule has 2 bridgehead atoms. The number of hydrogen-bond acceptors (Lipinski definition) is 7. The molecule has 6 atom stereocenters. The molecule has 7 rings (SSSR count). The number of aromatic nitrogens is 2. The summed E-state index contributed by atoms with van der Waals surface area (Å²) in [6.07, 6.45) is 5.16. The minimum Gasteiger partial charge on any atom is -0.404 e. The molecule has 10 nitrogen and oxygen atoms in total.